The number of alkyl halides is 2. The van der Waals surface area contributed by atoms with Gasteiger partial charge in [0.25, 0.3) is 6.43 Å². The predicted octanol–water partition coefficient (Wildman–Crippen LogP) is 2.89. The molecular weight excluding hydrogens is 246 g/mol. The van der Waals surface area contributed by atoms with Crippen molar-refractivity contribution in [3.63, 3.8) is 0 Å². The van der Waals surface area contributed by atoms with E-state index < -0.39 is 12.5 Å². The van der Waals surface area contributed by atoms with E-state index in [0.29, 0.717) is 0 Å². The standard InChI is InChI=1S/C15H22F2N2/c1-12(15(16)17)18-14-8-5-9-19(11-14)10-13-6-3-2-4-7-13/h2-4,6-7,12,14-15,18H,5,8-11H2,1H3. The Bertz CT molecular complexity index is 370. The molecular formula is C15H22F2N2. The monoisotopic (exact) mass is 268 g/mol. The van der Waals surface area contributed by atoms with Gasteiger partial charge >= 0.3 is 0 Å². The Kier molecular flexibility index (Phi) is 5.28. The van der Waals surface area contributed by atoms with Crippen LogP contribution >= 0.6 is 0 Å². The first-order valence-electron chi connectivity index (χ1n) is 6.95. The summed E-state index contributed by atoms with van der Waals surface area (Å²) in [7, 11) is 0. The topological polar surface area (TPSA) is 15.3 Å². The first kappa shape index (κ1) is 14.4. The molecule has 0 saturated carbocycles. The maximum absolute atomic E-state index is 12.6. The molecule has 1 fully saturated rings. The number of hydrogen-bond acceptors (Lipinski definition) is 2. The lowest BCUT2D eigenvalue weighted by Gasteiger charge is -2.34. The van der Waals surface area contributed by atoms with E-state index in [1.54, 1.807) is 6.92 Å². The van der Waals surface area contributed by atoms with Crippen LogP contribution in [0.3, 0.4) is 0 Å². The molecule has 0 amide bonds. The molecule has 1 heterocycles. The first-order chi connectivity index (χ1) is 9.15. The molecule has 2 rings (SSSR count). The summed E-state index contributed by atoms with van der Waals surface area (Å²) in [6.45, 7) is 4.37. The molecule has 2 atom stereocenters. The highest BCUT2D eigenvalue weighted by Gasteiger charge is 2.24. The zero-order chi connectivity index (χ0) is 13.7. The van der Waals surface area contributed by atoms with Crippen LogP contribution in [0.2, 0.25) is 0 Å². The molecule has 0 aliphatic carbocycles. The van der Waals surface area contributed by atoms with Crippen LogP contribution < -0.4 is 5.32 Å². The van der Waals surface area contributed by atoms with Crippen LogP contribution in [0.5, 0.6) is 0 Å². The Morgan fingerprint density at radius 3 is 2.74 bits per heavy atom. The average molecular weight is 268 g/mol. The highest BCUT2D eigenvalue weighted by molar-refractivity contribution is 5.14. The van der Waals surface area contributed by atoms with Crippen LogP contribution in [-0.4, -0.2) is 36.5 Å². The van der Waals surface area contributed by atoms with Crippen molar-refractivity contribution in [2.24, 2.45) is 0 Å². The molecule has 4 heteroatoms. The Hall–Kier alpha value is -1.00. The van der Waals surface area contributed by atoms with E-state index in [1.807, 2.05) is 18.2 Å². The predicted molar refractivity (Wildman–Crippen MR) is 73.3 cm³/mol. The Morgan fingerprint density at radius 1 is 1.32 bits per heavy atom. The fourth-order valence-electron chi connectivity index (χ4n) is 2.62. The average Bonchev–Trinajstić information content (AvgIpc) is 2.40. The number of halogens is 2. The number of hydrogen-bond donors (Lipinski definition) is 1. The molecule has 1 aliphatic heterocycles. The smallest absolute Gasteiger partial charge is 0.253 e. The van der Waals surface area contributed by atoms with Crippen molar-refractivity contribution in [2.45, 2.75) is 44.8 Å². The Labute approximate surface area is 113 Å². The van der Waals surface area contributed by atoms with Gasteiger partial charge in [-0.15, -0.1) is 0 Å². The van der Waals surface area contributed by atoms with E-state index in [-0.39, 0.29) is 6.04 Å². The van der Waals surface area contributed by atoms with E-state index in [2.05, 4.69) is 22.3 Å². The van der Waals surface area contributed by atoms with Gasteiger partial charge in [-0.2, -0.15) is 0 Å². The molecule has 1 aromatic carbocycles. The van der Waals surface area contributed by atoms with Gasteiger partial charge in [0.05, 0.1) is 6.04 Å². The summed E-state index contributed by atoms with van der Waals surface area (Å²) in [4.78, 5) is 2.34. The van der Waals surface area contributed by atoms with Crippen LogP contribution in [0, 0.1) is 0 Å². The Balaban J connectivity index is 1.83. The van der Waals surface area contributed by atoms with Gasteiger partial charge in [0.1, 0.15) is 0 Å². The summed E-state index contributed by atoms with van der Waals surface area (Å²) < 4.78 is 25.1. The third-order valence-corrected chi connectivity index (χ3v) is 3.63. The van der Waals surface area contributed by atoms with Crippen molar-refractivity contribution in [2.75, 3.05) is 13.1 Å². The van der Waals surface area contributed by atoms with Gasteiger partial charge in [0.15, 0.2) is 0 Å². The maximum Gasteiger partial charge on any atom is 0.253 e. The maximum atomic E-state index is 12.6. The van der Waals surface area contributed by atoms with Crippen molar-refractivity contribution >= 4 is 0 Å². The van der Waals surface area contributed by atoms with Crippen LogP contribution in [-0.2, 0) is 6.54 Å². The van der Waals surface area contributed by atoms with E-state index in [0.717, 1.165) is 32.5 Å². The van der Waals surface area contributed by atoms with Gasteiger partial charge < -0.3 is 5.32 Å². The quantitative estimate of drug-likeness (QED) is 0.883. The zero-order valence-corrected chi connectivity index (χ0v) is 11.4. The van der Waals surface area contributed by atoms with Gasteiger partial charge in [0, 0.05) is 19.1 Å². The second-order valence-corrected chi connectivity index (χ2v) is 5.35. The minimum absolute atomic E-state index is 0.182. The molecule has 0 aromatic heterocycles. The summed E-state index contributed by atoms with van der Waals surface area (Å²) in [6, 6.07) is 9.76. The molecule has 0 spiro atoms. The molecule has 1 aliphatic rings. The second kappa shape index (κ2) is 6.96. The molecule has 0 bridgehead atoms. The van der Waals surface area contributed by atoms with Crippen LogP contribution in [0.4, 0.5) is 8.78 Å². The fraction of sp³-hybridized carbons (Fsp3) is 0.600. The largest absolute Gasteiger partial charge is 0.305 e. The molecule has 2 unspecified atom stereocenters. The van der Waals surface area contributed by atoms with Crippen molar-refractivity contribution in [3.8, 4) is 0 Å². The van der Waals surface area contributed by atoms with Gasteiger partial charge in [-0.3, -0.25) is 4.90 Å². The third kappa shape index (κ3) is 4.55. The summed E-state index contributed by atoms with van der Waals surface area (Å²) >= 11 is 0. The minimum Gasteiger partial charge on any atom is -0.305 e. The SMILES string of the molecule is CC(NC1CCCN(Cc2ccccc2)C1)C(F)F. The van der Waals surface area contributed by atoms with Crippen LogP contribution in [0.1, 0.15) is 25.3 Å². The Morgan fingerprint density at radius 2 is 2.05 bits per heavy atom. The summed E-state index contributed by atoms with van der Waals surface area (Å²) in [5.74, 6) is 0. The van der Waals surface area contributed by atoms with E-state index >= 15 is 0 Å². The molecule has 106 valence electrons. The van der Waals surface area contributed by atoms with Crippen LogP contribution in [0.25, 0.3) is 0 Å². The number of nitrogens with one attached hydrogen (secondary N) is 1. The number of nitrogens with zero attached hydrogens (tertiary/aromatic N) is 1. The summed E-state index contributed by atoms with van der Waals surface area (Å²) in [5, 5.41) is 3.04. The molecule has 1 aromatic rings. The van der Waals surface area contributed by atoms with Gasteiger partial charge in [-0.1, -0.05) is 30.3 Å². The number of benzene rings is 1. The van der Waals surface area contributed by atoms with Gasteiger partial charge in [-0.05, 0) is 31.9 Å². The number of rotatable bonds is 5. The first-order valence-corrected chi connectivity index (χ1v) is 6.95. The van der Waals surface area contributed by atoms with E-state index in [4.69, 9.17) is 0 Å². The highest BCUT2D eigenvalue weighted by atomic mass is 19.3. The molecule has 1 saturated heterocycles. The molecule has 19 heavy (non-hydrogen) atoms. The van der Waals surface area contributed by atoms with Crippen molar-refractivity contribution < 1.29 is 8.78 Å². The van der Waals surface area contributed by atoms with Gasteiger partial charge in [-0.25, -0.2) is 8.78 Å². The molecule has 2 nitrogen and oxygen atoms in total. The van der Waals surface area contributed by atoms with E-state index in [1.165, 1.54) is 5.56 Å². The fourth-order valence-corrected chi connectivity index (χ4v) is 2.62. The molecule has 0 radical (unpaired) electrons. The lowest BCUT2D eigenvalue weighted by molar-refractivity contribution is 0.0867. The van der Waals surface area contributed by atoms with Gasteiger partial charge in [0.2, 0.25) is 0 Å². The highest BCUT2D eigenvalue weighted by Crippen LogP contribution is 2.15. The lowest BCUT2D eigenvalue weighted by Crippen LogP contribution is -2.49. The van der Waals surface area contributed by atoms with E-state index in [9.17, 15) is 8.78 Å². The second-order valence-electron chi connectivity index (χ2n) is 5.35. The van der Waals surface area contributed by atoms with Crippen LogP contribution in [0.15, 0.2) is 30.3 Å². The van der Waals surface area contributed by atoms with Crippen molar-refractivity contribution in [1.82, 2.24) is 10.2 Å². The zero-order valence-electron chi connectivity index (χ0n) is 11.4. The minimum atomic E-state index is -2.29. The summed E-state index contributed by atoms with van der Waals surface area (Å²) in [6.07, 6.45) is -0.229. The van der Waals surface area contributed by atoms with Crippen molar-refractivity contribution in [3.05, 3.63) is 35.9 Å². The summed E-state index contributed by atoms with van der Waals surface area (Å²) in [5.41, 5.74) is 1.28. The lowest BCUT2D eigenvalue weighted by atomic mass is 10.0. The number of likely N-dealkylation sites (tertiary alicyclic amines) is 1. The van der Waals surface area contributed by atoms with Crippen molar-refractivity contribution in [1.29, 1.82) is 0 Å². The normalized spacial score (nSPS) is 22.6. The third-order valence-electron chi connectivity index (χ3n) is 3.63. The molecule has 1 N–H and O–H groups in total. The number of piperidine rings is 1.